The minimum absolute atomic E-state index is 0. The molecule has 0 bridgehead atoms. The maximum absolute atomic E-state index is 5.38. The van der Waals surface area contributed by atoms with Crippen LogP contribution in [-0.2, 0) is 0 Å². The van der Waals surface area contributed by atoms with Gasteiger partial charge in [0.2, 0.25) is 5.52 Å². The second-order valence-corrected chi connectivity index (χ2v) is 7.36. The fourth-order valence-electron chi connectivity index (χ4n) is 3.09. The van der Waals surface area contributed by atoms with Crippen molar-refractivity contribution in [3.05, 3.63) is 97.5 Å². The first-order valence-electron chi connectivity index (χ1n) is 9.02. The number of aromatic amines is 2. The average Bonchev–Trinajstić information content (AvgIpc) is 3.19. The van der Waals surface area contributed by atoms with Gasteiger partial charge in [0.25, 0.3) is 5.01 Å². The Hall–Kier alpha value is -2.18. The Morgan fingerprint density at radius 3 is 2.33 bits per heavy atom. The number of pyridine rings is 1. The molecule has 0 aliphatic rings. The van der Waals surface area contributed by atoms with Crippen LogP contribution >= 0.6 is 11.3 Å². The molecule has 30 heavy (non-hydrogen) atoms. The van der Waals surface area contributed by atoms with Gasteiger partial charge in [0.1, 0.15) is 16.0 Å². The van der Waals surface area contributed by atoms with Gasteiger partial charge in [0, 0.05) is 12.1 Å². The SMILES string of the molecule is COc1ccccc1-c1[nH+]c2ccccc2s1.[CH2-]c1cccc2ccc[nH+]c12.[Li+].[Li+]. The van der Waals surface area contributed by atoms with Crippen LogP contribution in [0.5, 0.6) is 5.75 Å². The number of fused-ring (bicyclic) bond motifs is 2. The van der Waals surface area contributed by atoms with E-state index in [-0.39, 0.29) is 37.7 Å². The molecule has 5 aromatic rings. The van der Waals surface area contributed by atoms with Crippen LogP contribution in [0.15, 0.2) is 85.1 Å². The summed E-state index contributed by atoms with van der Waals surface area (Å²) < 4.78 is 6.64. The van der Waals surface area contributed by atoms with Gasteiger partial charge in [0.15, 0.2) is 6.20 Å². The Morgan fingerprint density at radius 2 is 1.57 bits per heavy atom. The van der Waals surface area contributed by atoms with Crippen molar-refractivity contribution in [2.45, 2.75) is 0 Å². The zero-order chi connectivity index (χ0) is 19.3. The molecule has 5 rings (SSSR count). The number of methoxy groups -OCH3 is 1. The molecule has 0 unspecified atom stereocenters. The van der Waals surface area contributed by atoms with E-state index in [4.69, 9.17) is 4.74 Å². The number of hydrogen-bond donors (Lipinski definition) is 0. The molecule has 0 fully saturated rings. The van der Waals surface area contributed by atoms with Gasteiger partial charge in [-0.25, -0.2) is 0 Å². The van der Waals surface area contributed by atoms with E-state index in [1.54, 1.807) is 18.4 Å². The maximum atomic E-state index is 5.38. The summed E-state index contributed by atoms with van der Waals surface area (Å²) in [6, 6.07) is 26.5. The number of rotatable bonds is 2. The minimum atomic E-state index is 0. The van der Waals surface area contributed by atoms with E-state index in [9.17, 15) is 0 Å². The van der Waals surface area contributed by atoms with Crippen LogP contribution in [0.4, 0.5) is 0 Å². The molecule has 3 nitrogen and oxygen atoms in total. The van der Waals surface area contributed by atoms with Crippen molar-refractivity contribution in [2.24, 2.45) is 0 Å². The van der Waals surface area contributed by atoms with Crippen LogP contribution in [0.2, 0.25) is 0 Å². The number of nitrogens with one attached hydrogen (secondary N) is 2. The summed E-state index contributed by atoms with van der Waals surface area (Å²) >= 11 is 1.74. The molecule has 2 heterocycles. The Balaban J connectivity index is 0.000000216. The van der Waals surface area contributed by atoms with Crippen molar-refractivity contribution < 1.29 is 52.4 Å². The van der Waals surface area contributed by atoms with Gasteiger partial charge in [-0.2, -0.15) is 18.0 Å². The topological polar surface area (TPSA) is 37.5 Å². The zero-order valence-corrected chi connectivity index (χ0v) is 18.4. The Bertz CT molecular complexity index is 1200. The van der Waals surface area contributed by atoms with Crippen LogP contribution < -0.4 is 52.4 Å². The van der Waals surface area contributed by atoms with Crippen LogP contribution in [0, 0.1) is 6.92 Å². The van der Waals surface area contributed by atoms with Crippen LogP contribution in [0.1, 0.15) is 5.56 Å². The average molecular weight is 399 g/mol. The predicted molar refractivity (Wildman–Crippen MR) is 115 cm³/mol. The Labute approximate surface area is 204 Å². The molecule has 6 heteroatoms. The molecule has 0 atom stereocenters. The Kier molecular flexibility index (Phi) is 9.06. The van der Waals surface area contributed by atoms with Gasteiger partial charge in [-0.15, -0.1) is 11.6 Å². The quantitative estimate of drug-likeness (QED) is 0.284. The van der Waals surface area contributed by atoms with E-state index in [1.165, 1.54) is 15.6 Å². The molecular weight excluding hydrogens is 378 g/mol. The molecule has 2 N–H and O–H groups in total. The van der Waals surface area contributed by atoms with Gasteiger partial charge < -0.3 is 4.74 Å². The second kappa shape index (κ2) is 11.3. The van der Waals surface area contributed by atoms with Crippen molar-refractivity contribution in [1.82, 2.24) is 0 Å². The number of para-hydroxylation sites is 3. The molecular formula is C24H21Li2N2OS+3. The van der Waals surface area contributed by atoms with Gasteiger partial charge in [-0.3, -0.25) is 4.98 Å². The number of H-pyrrole nitrogens is 2. The first-order valence-corrected chi connectivity index (χ1v) is 9.83. The van der Waals surface area contributed by atoms with Crippen molar-refractivity contribution in [1.29, 1.82) is 0 Å². The van der Waals surface area contributed by atoms with Gasteiger partial charge in [-0.1, -0.05) is 47.7 Å². The summed E-state index contributed by atoms with van der Waals surface area (Å²) in [6.45, 7) is 3.92. The van der Waals surface area contributed by atoms with Crippen molar-refractivity contribution in [3.8, 4) is 16.3 Å². The second-order valence-electron chi connectivity index (χ2n) is 6.30. The molecule has 0 saturated heterocycles. The molecule has 138 valence electrons. The summed E-state index contributed by atoms with van der Waals surface area (Å²) in [4.78, 5) is 6.58. The monoisotopic (exact) mass is 399 g/mol. The van der Waals surface area contributed by atoms with E-state index in [1.807, 2.05) is 48.7 Å². The van der Waals surface area contributed by atoms with Gasteiger partial charge in [-0.05, 0) is 23.6 Å². The van der Waals surface area contributed by atoms with Gasteiger partial charge in [0.05, 0.1) is 12.7 Å². The zero-order valence-electron chi connectivity index (χ0n) is 17.6. The summed E-state index contributed by atoms with van der Waals surface area (Å²) in [5.41, 5.74) is 4.44. The molecule has 0 radical (unpaired) electrons. The van der Waals surface area contributed by atoms with E-state index in [0.717, 1.165) is 27.4 Å². The standard InChI is InChI=1S/C14H11NOS.C10H8N.2Li/c1-16-12-8-4-2-6-10(12)14-15-11-7-3-5-9-13(11)17-14;1-8-4-2-5-9-6-3-7-11-10(8)9;;/h2-9H,1H3;2-7H,1H2;;/q;-1;2*+1/p+2. The van der Waals surface area contributed by atoms with E-state index in [2.05, 4.69) is 53.3 Å². The summed E-state index contributed by atoms with van der Waals surface area (Å²) in [5.74, 6) is 0.898. The number of ether oxygens (including phenoxy) is 1. The first kappa shape index (κ1) is 24.1. The third-order valence-electron chi connectivity index (χ3n) is 4.48. The number of aromatic nitrogens is 2. The molecule has 0 aliphatic heterocycles. The third kappa shape index (κ3) is 5.29. The number of thiazole rings is 1. The largest absolute Gasteiger partial charge is 1.00 e. The van der Waals surface area contributed by atoms with E-state index < -0.39 is 0 Å². The molecule has 0 spiro atoms. The summed E-state index contributed by atoms with van der Waals surface area (Å²) in [7, 11) is 1.70. The number of hydrogen-bond acceptors (Lipinski definition) is 2. The van der Waals surface area contributed by atoms with Gasteiger partial charge >= 0.3 is 37.7 Å². The normalized spacial score (nSPS) is 9.77. The third-order valence-corrected chi connectivity index (χ3v) is 5.58. The van der Waals surface area contributed by atoms with Crippen LogP contribution in [0.25, 0.3) is 31.7 Å². The fourth-order valence-corrected chi connectivity index (χ4v) is 4.12. The fraction of sp³-hybridized carbons (Fsp3) is 0.0417. The molecule has 0 amide bonds. The first-order chi connectivity index (χ1) is 13.8. The molecule has 3 aromatic carbocycles. The summed E-state index contributed by atoms with van der Waals surface area (Å²) in [5, 5.41) is 2.34. The smallest absolute Gasteiger partial charge is 0.496 e. The summed E-state index contributed by atoms with van der Waals surface area (Å²) in [6.07, 6.45) is 1.91. The Morgan fingerprint density at radius 1 is 0.833 bits per heavy atom. The van der Waals surface area contributed by atoms with Crippen molar-refractivity contribution in [2.75, 3.05) is 7.11 Å². The van der Waals surface area contributed by atoms with Crippen molar-refractivity contribution in [3.63, 3.8) is 0 Å². The van der Waals surface area contributed by atoms with Crippen LogP contribution in [-0.4, -0.2) is 7.11 Å². The van der Waals surface area contributed by atoms with Crippen molar-refractivity contribution >= 4 is 32.5 Å². The predicted octanol–water partition coefficient (Wildman–Crippen LogP) is -0.765. The number of benzene rings is 3. The maximum Gasteiger partial charge on any atom is 1.00 e. The minimum Gasteiger partial charge on any atom is -0.496 e. The molecule has 0 aliphatic carbocycles. The molecule has 2 aromatic heterocycles. The van der Waals surface area contributed by atoms with E-state index >= 15 is 0 Å². The molecule has 0 saturated carbocycles. The van der Waals surface area contributed by atoms with E-state index in [0.29, 0.717) is 0 Å². The van der Waals surface area contributed by atoms with Crippen LogP contribution in [0.3, 0.4) is 0 Å².